The van der Waals surface area contributed by atoms with Crippen molar-refractivity contribution in [2.24, 2.45) is 0 Å². The van der Waals surface area contributed by atoms with Crippen LogP contribution in [0.1, 0.15) is 23.8 Å². The SMILES string of the molecule is COc1ccc(N2CCN(CC(=O)N3CCC(c4nc5ccccc5s4)CC3)CC2)cc1. The summed E-state index contributed by atoms with van der Waals surface area (Å²) < 4.78 is 6.51. The van der Waals surface area contributed by atoms with Gasteiger partial charge in [0, 0.05) is 50.9 Å². The molecule has 1 amide bonds. The van der Waals surface area contributed by atoms with Gasteiger partial charge < -0.3 is 14.5 Å². The van der Waals surface area contributed by atoms with Crippen LogP contribution in [0.4, 0.5) is 5.69 Å². The highest BCUT2D eigenvalue weighted by atomic mass is 32.1. The second kappa shape index (κ2) is 9.46. The maximum Gasteiger partial charge on any atom is 0.236 e. The van der Waals surface area contributed by atoms with Gasteiger partial charge in [0.1, 0.15) is 5.75 Å². The van der Waals surface area contributed by atoms with Gasteiger partial charge in [0.2, 0.25) is 5.91 Å². The minimum Gasteiger partial charge on any atom is -0.497 e. The van der Waals surface area contributed by atoms with Gasteiger partial charge in [-0.15, -0.1) is 11.3 Å². The zero-order chi connectivity index (χ0) is 21.9. The molecule has 0 bridgehead atoms. The number of nitrogens with zero attached hydrogens (tertiary/aromatic N) is 4. The zero-order valence-electron chi connectivity index (χ0n) is 18.6. The third-order valence-corrected chi connectivity index (χ3v) is 7.87. The van der Waals surface area contributed by atoms with Crippen LogP contribution in [0, 0.1) is 0 Å². The summed E-state index contributed by atoms with van der Waals surface area (Å²) in [5, 5.41) is 1.23. The number of piperazine rings is 1. The first kappa shape index (κ1) is 21.2. The number of methoxy groups -OCH3 is 1. The number of rotatable bonds is 5. The van der Waals surface area contributed by atoms with Crippen molar-refractivity contribution in [2.75, 3.05) is 57.8 Å². The molecule has 0 radical (unpaired) electrons. The first-order chi connectivity index (χ1) is 15.7. The van der Waals surface area contributed by atoms with E-state index < -0.39 is 0 Å². The van der Waals surface area contributed by atoms with Crippen molar-refractivity contribution >= 4 is 33.1 Å². The number of hydrogen-bond donors (Lipinski definition) is 0. The highest BCUT2D eigenvalue weighted by Crippen LogP contribution is 2.33. The fourth-order valence-electron chi connectivity index (χ4n) is 4.69. The molecule has 3 heterocycles. The summed E-state index contributed by atoms with van der Waals surface area (Å²) in [6, 6.07) is 16.6. The Labute approximate surface area is 193 Å². The number of para-hydroxylation sites is 1. The number of carbonyl (C=O) groups excluding carboxylic acids is 1. The van der Waals surface area contributed by atoms with E-state index in [-0.39, 0.29) is 5.91 Å². The number of likely N-dealkylation sites (tertiary alicyclic amines) is 1. The predicted molar refractivity (Wildman–Crippen MR) is 130 cm³/mol. The van der Waals surface area contributed by atoms with E-state index in [1.807, 2.05) is 29.5 Å². The first-order valence-electron chi connectivity index (χ1n) is 11.4. The molecule has 0 spiro atoms. The van der Waals surface area contributed by atoms with E-state index in [0.717, 1.165) is 63.4 Å². The van der Waals surface area contributed by atoms with Gasteiger partial charge in [-0.3, -0.25) is 9.69 Å². The van der Waals surface area contributed by atoms with Crippen LogP contribution in [0.15, 0.2) is 48.5 Å². The van der Waals surface area contributed by atoms with Crippen molar-refractivity contribution in [3.63, 3.8) is 0 Å². The molecule has 32 heavy (non-hydrogen) atoms. The summed E-state index contributed by atoms with van der Waals surface area (Å²) in [4.78, 5) is 24.5. The van der Waals surface area contributed by atoms with Crippen LogP contribution in [0.25, 0.3) is 10.2 Å². The Balaban J connectivity index is 1.09. The molecule has 7 heteroatoms. The predicted octanol–water partition coefficient (Wildman–Crippen LogP) is 3.83. The molecule has 0 unspecified atom stereocenters. The summed E-state index contributed by atoms with van der Waals surface area (Å²) in [6.45, 7) is 5.93. The van der Waals surface area contributed by atoms with Crippen LogP contribution in [-0.4, -0.2) is 73.6 Å². The Kier molecular flexibility index (Phi) is 6.28. The molecule has 1 aromatic heterocycles. The average Bonchev–Trinajstić information content (AvgIpc) is 3.29. The third kappa shape index (κ3) is 4.59. The molecule has 168 valence electrons. The summed E-state index contributed by atoms with van der Waals surface area (Å²) in [5.74, 6) is 1.63. The number of aromatic nitrogens is 1. The van der Waals surface area contributed by atoms with Crippen molar-refractivity contribution in [3.8, 4) is 5.75 Å². The quantitative estimate of drug-likeness (QED) is 0.591. The Hall–Kier alpha value is -2.64. The van der Waals surface area contributed by atoms with Gasteiger partial charge in [0.15, 0.2) is 0 Å². The Bertz CT molecular complexity index is 1020. The lowest BCUT2D eigenvalue weighted by Crippen LogP contribution is -2.51. The molecule has 6 nitrogen and oxygen atoms in total. The zero-order valence-corrected chi connectivity index (χ0v) is 19.4. The number of hydrogen-bond acceptors (Lipinski definition) is 6. The van der Waals surface area contributed by atoms with E-state index in [1.165, 1.54) is 15.4 Å². The standard InChI is InChI=1S/C25H30N4O2S/c1-31-21-8-6-20(7-9-21)28-16-14-27(15-17-28)18-24(30)29-12-10-19(11-13-29)25-26-22-4-2-3-5-23(22)32-25/h2-9,19H,10-18H2,1H3. The van der Waals surface area contributed by atoms with Crippen LogP contribution in [0.2, 0.25) is 0 Å². The fourth-order valence-corrected chi connectivity index (χ4v) is 5.83. The molecule has 2 aliphatic heterocycles. The molecule has 0 aliphatic carbocycles. The molecule has 3 aromatic rings. The fraction of sp³-hybridized carbons (Fsp3) is 0.440. The molecule has 0 N–H and O–H groups in total. The van der Waals surface area contributed by atoms with Crippen molar-refractivity contribution in [1.29, 1.82) is 0 Å². The molecular formula is C25H30N4O2S. The smallest absolute Gasteiger partial charge is 0.236 e. The average molecular weight is 451 g/mol. The number of ether oxygens (including phenoxy) is 1. The highest BCUT2D eigenvalue weighted by molar-refractivity contribution is 7.18. The van der Waals surface area contributed by atoms with Gasteiger partial charge in [-0.25, -0.2) is 4.98 Å². The molecule has 2 aliphatic rings. The summed E-state index contributed by atoms with van der Waals surface area (Å²) in [6.07, 6.45) is 2.02. The van der Waals surface area contributed by atoms with Gasteiger partial charge in [-0.1, -0.05) is 12.1 Å². The van der Waals surface area contributed by atoms with Crippen molar-refractivity contribution in [2.45, 2.75) is 18.8 Å². The van der Waals surface area contributed by atoms with E-state index in [9.17, 15) is 4.79 Å². The highest BCUT2D eigenvalue weighted by Gasteiger charge is 2.27. The van der Waals surface area contributed by atoms with Crippen molar-refractivity contribution in [1.82, 2.24) is 14.8 Å². The Morgan fingerprint density at radius 2 is 1.72 bits per heavy atom. The van der Waals surface area contributed by atoms with E-state index in [1.54, 1.807) is 7.11 Å². The number of piperidine rings is 1. The monoisotopic (exact) mass is 450 g/mol. The van der Waals surface area contributed by atoms with Crippen LogP contribution in [-0.2, 0) is 4.79 Å². The number of benzene rings is 2. The van der Waals surface area contributed by atoms with Crippen LogP contribution < -0.4 is 9.64 Å². The minimum absolute atomic E-state index is 0.269. The molecule has 0 saturated carbocycles. The van der Waals surface area contributed by atoms with E-state index >= 15 is 0 Å². The van der Waals surface area contributed by atoms with E-state index in [2.05, 4.69) is 45.0 Å². The van der Waals surface area contributed by atoms with Crippen LogP contribution in [0.5, 0.6) is 5.75 Å². The number of thiazole rings is 1. The Morgan fingerprint density at radius 3 is 2.41 bits per heavy atom. The lowest BCUT2D eigenvalue weighted by atomic mass is 9.97. The van der Waals surface area contributed by atoms with E-state index in [0.29, 0.717) is 12.5 Å². The maximum atomic E-state index is 12.9. The minimum atomic E-state index is 0.269. The number of fused-ring (bicyclic) bond motifs is 1. The topological polar surface area (TPSA) is 48.9 Å². The van der Waals surface area contributed by atoms with Gasteiger partial charge in [0.05, 0.1) is 28.9 Å². The van der Waals surface area contributed by atoms with E-state index in [4.69, 9.17) is 9.72 Å². The second-order valence-electron chi connectivity index (χ2n) is 8.64. The van der Waals surface area contributed by atoms with Crippen LogP contribution >= 0.6 is 11.3 Å². The summed E-state index contributed by atoms with van der Waals surface area (Å²) in [5.41, 5.74) is 2.31. The summed E-state index contributed by atoms with van der Waals surface area (Å²) in [7, 11) is 1.69. The normalized spacial score (nSPS) is 18.3. The van der Waals surface area contributed by atoms with Crippen molar-refractivity contribution < 1.29 is 9.53 Å². The molecule has 2 aromatic carbocycles. The lowest BCUT2D eigenvalue weighted by molar-refractivity contribution is -0.133. The molecule has 2 saturated heterocycles. The second-order valence-corrected chi connectivity index (χ2v) is 9.70. The number of anilines is 1. The molecule has 2 fully saturated rings. The van der Waals surface area contributed by atoms with Gasteiger partial charge in [-0.05, 0) is 49.2 Å². The van der Waals surface area contributed by atoms with Gasteiger partial charge in [-0.2, -0.15) is 0 Å². The van der Waals surface area contributed by atoms with Gasteiger partial charge >= 0.3 is 0 Å². The van der Waals surface area contributed by atoms with Crippen molar-refractivity contribution in [3.05, 3.63) is 53.5 Å². The number of carbonyl (C=O) groups is 1. The molecular weight excluding hydrogens is 420 g/mol. The van der Waals surface area contributed by atoms with Crippen LogP contribution in [0.3, 0.4) is 0 Å². The largest absolute Gasteiger partial charge is 0.497 e. The summed E-state index contributed by atoms with van der Waals surface area (Å²) >= 11 is 1.81. The third-order valence-electron chi connectivity index (χ3n) is 6.68. The Morgan fingerprint density at radius 1 is 1.00 bits per heavy atom. The molecule has 0 atom stereocenters. The maximum absolute atomic E-state index is 12.9. The lowest BCUT2D eigenvalue weighted by Gasteiger charge is -2.37. The number of amides is 1. The first-order valence-corrected chi connectivity index (χ1v) is 12.3. The van der Waals surface area contributed by atoms with Gasteiger partial charge in [0.25, 0.3) is 0 Å². The molecule has 5 rings (SSSR count).